The van der Waals surface area contributed by atoms with Crippen molar-refractivity contribution in [3.63, 3.8) is 0 Å². The first kappa shape index (κ1) is 26.6. The summed E-state index contributed by atoms with van der Waals surface area (Å²) in [5, 5.41) is 12.4. The fraction of sp³-hybridized carbons (Fsp3) is 0.154. The number of carboxylic acids is 1. The molecule has 0 aliphatic rings. The van der Waals surface area contributed by atoms with E-state index in [1.165, 1.54) is 7.11 Å². The van der Waals surface area contributed by atoms with Crippen molar-refractivity contribution in [2.45, 2.75) is 6.42 Å². The number of nitrogens with zero attached hydrogens (tertiary/aromatic N) is 3. The molecule has 1 heterocycles. The average Bonchev–Trinajstić information content (AvgIpc) is 3.31. The summed E-state index contributed by atoms with van der Waals surface area (Å²) in [4.78, 5) is 28.0. The topological polar surface area (TPSA) is 95.5 Å². The van der Waals surface area contributed by atoms with Crippen LogP contribution in [-0.2, 0) is 11.2 Å². The third-order valence-corrected chi connectivity index (χ3v) is 6.06. The minimum Gasteiger partial charge on any atom is -0.545 e. The molecular weight excluding hydrogens is 473 g/mol. The predicted molar refractivity (Wildman–Crippen MR) is 131 cm³/mol. The van der Waals surface area contributed by atoms with Gasteiger partial charge < -0.3 is 19.5 Å². The number of methoxy groups -OCH3 is 1. The Morgan fingerprint density at radius 3 is 2.14 bits per heavy atom. The molecule has 0 N–H and O–H groups in total. The van der Waals surface area contributed by atoms with Gasteiger partial charge in [0.2, 0.25) is 0 Å². The second-order valence-electron chi connectivity index (χ2n) is 7.90. The molecule has 0 bridgehead atoms. The van der Waals surface area contributed by atoms with E-state index >= 15 is 0 Å². The van der Waals surface area contributed by atoms with E-state index in [0.717, 1.165) is 23.0 Å². The fourth-order valence-electron chi connectivity index (χ4n) is 3.67. The van der Waals surface area contributed by atoms with Crippen molar-refractivity contribution in [1.29, 1.82) is 0 Å². The van der Waals surface area contributed by atoms with Crippen molar-refractivity contribution in [3.8, 4) is 5.75 Å². The number of fused-ring (bicyclic) bond motifs is 1. The van der Waals surface area contributed by atoms with Crippen LogP contribution in [0.3, 0.4) is 0 Å². The number of ketones is 1. The van der Waals surface area contributed by atoms with Gasteiger partial charge in [0.25, 0.3) is 0 Å². The first-order valence-corrected chi connectivity index (χ1v) is 11.2. The van der Waals surface area contributed by atoms with Crippen LogP contribution in [0.1, 0.15) is 21.5 Å². The van der Waals surface area contributed by atoms with Crippen LogP contribution >= 0.6 is 11.7 Å². The van der Waals surface area contributed by atoms with E-state index in [9.17, 15) is 14.7 Å². The number of aromatic nitrogens is 2. The van der Waals surface area contributed by atoms with Gasteiger partial charge in [0.15, 0.2) is 5.78 Å². The molecule has 172 valence electrons. The van der Waals surface area contributed by atoms with Crippen LogP contribution in [0.25, 0.3) is 16.6 Å². The number of anilines is 1. The van der Waals surface area contributed by atoms with E-state index in [1.807, 2.05) is 43.3 Å². The summed E-state index contributed by atoms with van der Waals surface area (Å²) in [5.74, 6) is -1.22. The number of carboxylic acid groups (broad SMARTS) is 1. The van der Waals surface area contributed by atoms with Gasteiger partial charge in [-0.15, -0.1) is 0 Å². The van der Waals surface area contributed by atoms with Gasteiger partial charge in [-0.05, 0) is 59.7 Å². The summed E-state index contributed by atoms with van der Waals surface area (Å²) in [7, 11) is 5.41. The fourth-order valence-corrected chi connectivity index (χ4v) is 4.19. The van der Waals surface area contributed by atoms with Crippen molar-refractivity contribution in [2.75, 3.05) is 26.1 Å². The maximum atomic E-state index is 13.6. The van der Waals surface area contributed by atoms with Crippen LogP contribution < -0.4 is 44.3 Å². The normalized spacial score (nSPS) is 11.4. The number of aliphatic carboxylic acids is 1. The number of ether oxygens (including phenoxy) is 1. The van der Waals surface area contributed by atoms with Crippen LogP contribution in [0.4, 0.5) is 5.69 Å². The van der Waals surface area contributed by atoms with Crippen LogP contribution in [0, 0.1) is 0 Å². The summed E-state index contributed by atoms with van der Waals surface area (Å²) in [5.41, 5.74) is 3.70. The number of allylic oxidation sites excluding steroid dienone is 1. The molecule has 9 heteroatoms. The first-order valence-electron chi connectivity index (χ1n) is 10.5. The molecule has 4 aromatic rings. The van der Waals surface area contributed by atoms with E-state index in [0.29, 0.717) is 27.9 Å². The first-order chi connectivity index (χ1) is 16.4. The van der Waals surface area contributed by atoms with Gasteiger partial charge in [-0.3, -0.25) is 4.79 Å². The quantitative estimate of drug-likeness (QED) is 0.198. The maximum absolute atomic E-state index is 13.6. The molecule has 0 aliphatic heterocycles. The van der Waals surface area contributed by atoms with Gasteiger partial charge in [0.1, 0.15) is 16.8 Å². The molecule has 7 nitrogen and oxygen atoms in total. The second kappa shape index (κ2) is 11.6. The molecule has 1 aromatic heterocycles. The maximum Gasteiger partial charge on any atom is 1.00 e. The molecule has 0 aliphatic carbocycles. The Kier molecular flexibility index (Phi) is 8.80. The number of carbonyl (C=O) groups excluding carboxylic acids is 2. The Labute approximate surface area is 229 Å². The molecule has 4 rings (SSSR count). The molecule has 0 saturated heterocycles. The number of Topliss-reactive ketones (excluding diaryl/α,β-unsaturated/α-hetero) is 1. The van der Waals surface area contributed by atoms with Gasteiger partial charge in [-0.2, -0.15) is 8.75 Å². The number of hydrogen-bond donors (Lipinski definition) is 0. The number of benzene rings is 3. The molecule has 0 fully saturated rings. The van der Waals surface area contributed by atoms with Gasteiger partial charge in [-0.25, -0.2) is 0 Å². The zero-order chi connectivity index (χ0) is 24.2. The molecule has 35 heavy (non-hydrogen) atoms. The molecule has 0 atom stereocenters. The Balaban J connectivity index is 0.00000342. The van der Waals surface area contributed by atoms with Crippen molar-refractivity contribution in [3.05, 3.63) is 89.0 Å². The Morgan fingerprint density at radius 1 is 0.914 bits per heavy atom. The SMILES string of the molecule is COc1ccc(C(=O)C(Cc2ccc(N(C)C)cc2)=C(C(=O)[O-])c2ccc3nsnc3c2)cc1.[Na+]. The zero-order valence-electron chi connectivity index (χ0n) is 19.9. The van der Waals surface area contributed by atoms with Crippen molar-refractivity contribution >= 4 is 45.8 Å². The van der Waals surface area contributed by atoms with Gasteiger partial charge in [-0.1, -0.05) is 18.2 Å². The van der Waals surface area contributed by atoms with Gasteiger partial charge in [0, 0.05) is 42.9 Å². The molecule has 0 spiro atoms. The van der Waals surface area contributed by atoms with Crippen LogP contribution in [0.2, 0.25) is 0 Å². The van der Waals surface area contributed by atoms with E-state index in [2.05, 4.69) is 8.75 Å². The van der Waals surface area contributed by atoms with Crippen molar-refractivity contribution in [2.24, 2.45) is 0 Å². The Hall–Kier alpha value is -3.04. The molecule has 0 saturated carbocycles. The average molecular weight is 496 g/mol. The zero-order valence-corrected chi connectivity index (χ0v) is 22.8. The smallest absolute Gasteiger partial charge is 0.545 e. The molecule has 3 aromatic carbocycles. The van der Waals surface area contributed by atoms with Gasteiger partial charge in [0.05, 0.1) is 24.8 Å². The summed E-state index contributed by atoms with van der Waals surface area (Å²) in [6.45, 7) is 0. The van der Waals surface area contributed by atoms with Gasteiger partial charge >= 0.3 is 29.6 Å². The molecular formula is C26H22N3NaO4S. The molecule has 0 radical (unpaired) electrons. The van der Waals surface area contributed by atoms with Crippen molar-refractivity contribution < 1.29 is 49.0 Å². The van der Waals surface area contributed by atoms with Crippen LogP contribution in [0.15, 0.2) is 72.3 Å². The van der Waals surface area contributed by atoms with Crippen molar-refractivity contribution in [1.82, 2.24) is 8.75 Å². The summed E-state index contributed by atoms with van der Waals surface area (Å²) >= 11 is 1.04. The molecule has 0 unspecified atom stereocenters. The Bertz CT molecular complexity index is 1380. The largest absolute Gasteiger partial charge is 1.00 e. The molecule has 0 amide bonds. The van der Waals surface area contributed by atoms with Crippen LogP contribution in [-0.4, -0.2) is 41.7 Å². The predicted octanol–water partition coefficient (Wildman–Crippen LogP) is 0.399. The monoisotopic (exact) mass is 495 g/mol. The second-order valence-corrected chi connectivity index (χ2v) is 8.43. The van der Waals surface area contributed by atoms with Crippen LogP contribution in [0.5, 0.6) is 5.75 Å². The summed E-state index contributed by atoms with van der Waals surface area (Å²) in [6, 6.07) is 19.2. The van der Waals surface area contributed by atoms with E-state index in [1.54, 1.807) is 42.5 Å². The van der Waals surface area contributed by atoms with E-state index in [4.69, 9.17) is 4.74 Å². The minimum atomic E-state index is -1.43. The summed E-state index contributed by atoms with van der Waals surface area (Å²) < 4.78 is 13.6. The third-order valence-electron chi connectivity index (χ3n) is 5.51. The van der Waals surface area contributed by atoms with E-state index < -0.39 is 11.8 Å². The number of hydrogen-bond acceptors (Lipinski definition) is 8. The number of rotatable bonds is 8. The van der Waals surface area contributed by atoms with E-state index in [-0.39, 0.29) is 47.1 Å². The Morgan fingerprint density at radius 2 is 1.54 bits per heavy atom. The summed E-state index contributed by atoms with van der Waals surface area (Å²) in [6.07, 6.45) is 0.120. The minimum absolute atomic E-state index is 0. The third kappa shape index (κ3) is 5.97. The standard InChI is InChI=1S/C26H23N3O4S.Na/c1-29(2)19-9-4-16(5-10-19)14-21(25(30)17-6-11-20(33-3)12-7-17)24(26(31)32)18-8-13-22-23(15-18)28-34-27-22;/h4-13,15H,14H2,1-3H3,(H,31,32);/q;+1/p-1. The number of carbonyl (C=O) groups is 2.